The minimum atomic E-state index is -4.44. The molecule has 0 saturated carbocycles. The van der Waals surface area contributed by atoms with E-state index in [4.69, 9.17) is 5.73 Å². The maximum absolute atomic E-state index is 12.3. The van der Waals surface area contributed by atoms with Crippen LogP contribution in [0.25, 0.3) is 0 Å². The lowest BCUT2D eigenvalue weighted by molar-refractivity contribution is -0.149. The van der Waals surface area contributed by atoms with E-state index in [2.05, 4.69) is 31.9 Å². The SMILES string of the molecule is Cl.N[C@H](c1c(Br)cccc1Br)C(F)(F)F. The van der Waals surface area contributed by atoms with Crippen LogP contribution >= 0.6 is 44.3 Å². The van der Waals surface area contributed by atoms with Gasteiger partial charge in [-0.1, -0.05) is 37.9 Å². The van der Waals surface area contributed by atoms with Gasteiger partial charge < -0.3 is 5.73 Å². The van der Waals surface area contributed by atoms with Crippen LogP contribution in [-0.4, -0.2) is 6.18 Å². The Bertz CT molecular complexity index is 323. The largest absolute Gasteiger partial charge is 0.407 e. The van der Waals surface area contributed by atoms with Gasteiger partial charge in [-0.3, -0.25) is 0 Å². The van der Waals surface area contributed by atoms with Gasteiger partial charge in [-0.15, -0.1) is 12.4 Å². The Labute approximate surface area is 108 Å². The van der Waals surface area contributed by atoms with E-state index in [1.54, 1.807) is 6.07 Å². The molecule has 0 fully saturated rings. The van der Waals surface area contributed by atoms with Crippen LogP contribution in [-0.2, 0) is 0 Å². The lowest BCUT2D eigenvalue weighted by Gasteiger charge is -2.18. The molecule has 15 heavy (non-hydrogen) atoms. The Morgan fingerprint density at radius 1 is 1.13 bits per heavy atom. The molecule has 0 aliphatic rings. The first-order chi connectivity index (χ1) is 6.34. The Balaban J connectivity index is 0.00000196. The smallest absolute Gasteiger partial charge is 0.316 e. The summed E-state index contributed by atoms with van der Waals surface area (Å²) in [6.45, 7) is 0. The van der Waals surface area contributed by atoms with E-state index in [-0.39, 0.29) is 18.0 Å². The van der Waals surface area contributed by atoms with Crippen molar-refractivity contribution >= 4 is 44.3 Å². The van der Waals surface area contributed by atoms with Crippen LogP contribution in [0, 0.1) is 0 Å². The van der Waals surface area contributed by atoms with Crippen LogP contribution in [0.3, 0.4) is 0 Å². The number of benzene rings is 1. The summed E-state index contributed by atoms with van der Waals surface area (Å²) in [6.07, 6.45) is -4.44. The van der Waals surface area contributed by atoms with Crippen LogP contribution < -0.4 is 5.73 Å². The van der Waals surface area contributed by atoms with Crippen molar-refractivity contribution in [2.24, 2.45) is 5.73 Å². The van der Waals surface area contributed by atoms with Gasteiger partial charge in [0.05, 0.1) is 0 Å². The van der Waals surface area contributed by atoms with Gasteiger partial charge in [0, 0.05) is 14.5 Å². The fraction of sp³-hybridized carbons (Fsp3) is 0.250. The Morgan fingerprint density at radius 3 is 1.87 bits per heavy atom. The molecule has 0 aliphatic carbocycles. The van der Waals surface area contributed by atoms with Gasteiger partial charge in [0.25, 0.3) is 0 Å². The van der Waals surface area contributed by atoms with Crippen molar-refractivity contribution in [3.05, 3.63) is 32.7 Å². The molecule has 7 heteroatoms. The minimum absolute atomic E-state index is 0. The van der Waals surface area contributed by atoms with Gasteiger partial charge in [0.15, 0.2) is 0 Å². The van der Waals surface area contributed by atoms with Crippen molar-refractivity contribution in [2.75, 3.05) is 0 Å². The van der Waals surface area contributed by atoms with Gasteiger partial charge in [0.1, 0.15) is 6.04 Å². The van der Waals surface area contributed by atoms with Gasteiger partial charge in [0.2, 0.25) is 0 Å². The van der Waals surface area contributed by atoms with Crippen molar-refractivity contribution in [1.82, 2.24) is 0 Å². The number of halogens is 6. The number of rotatable bonds is 1. The first kappa shape index (κ1) is 15.2. The van der Waals surface area contributed by atoms with Crippen molar-refractivity contribution in [3.63, 3.8) is 0 Å². The predicted molar refractivity (Wildman–Crippen MR) is 62.1 cm³/mol. The van der Waals surface area contributed by atoms with Gasteiger partial charge in [-0.05, 0) is 12.1 Å². The zero-order chi connectivity index (χ0) is 10.9. The fourth-order valence-electron chi connectivity index (χ4n) is 0.971. The van der Waals surface area contributed by atoms with Gasteiger partial charge in [-0.25, -0.2) is 0 Å². The average Bonchev–Trinajstić information content (AvgIpc) is 2.01. The van der Waals surface area contributed by atoms with Crippen molar-refractivity contribution in [2.45, 2.75) is 12.2 Å². The third-order valence-electron chi connectivity index (χ3n) is 1.66. The summed E-state index contributed by atoms with van der Waals surface area (Å²) in [5, 5.41) is 0. The van der Waals surface area contributed by atoms with Gasteiger partial charge in [-0.2, -0.15) is 13.2 Å². The molecule has 0 aliphatic heterocycles. The number of nitrogens with two attached hydrogens (primary N) is 1. The molecule has 0 heterocycles. The molecule has 0 bridgehead atoms. The molecule has 0 spiro atoms. The van der Waals surface area contributed by atoms with Crippen molar-refractivity contribution in [3.8, 4) is 0 Å². The molecule has 86 valence electrons. The van der Waals surface area contributed by atoms with Crippen LogP contribution in [0.15, 0.2) is 27.1 Å². The summed E-state index contributed by atoms with van der Waals surface area (Å²) in [7, 11) is 0. The standard InChI is InChI=1S/C8H6Br2F3N.ClH/c9-4-2-1-3-5(10)6(4)7(14)8(11,12)13;/h1-3,7H,14H2;1H/t7-;/m1./s1. The van der Waals surface area contributed by atoms with E-state index in [1.165, 1.54) is 12.1 Å². The van der Waals surface area contributed by atoms with Crippen molar-refractivity contribution < 1.29 is 13.2 Å². The van der Waals surface area contributed by atoms with Crippen LogP contribution in [0.2, 0.25) is 0 Å². The van der Waals surface area contributed by atoms with Crippen molar-refractivity contribution in [1.29, 1.82) is 0 Å². The summed E-state index contributed by atoms with van der Waals surface area (Å²) in [6, 6.07) is 2.69. The highest BCUT2D eigenvalue weighted by atomic mass is 79.9. The highest BCUT2D eigenvalue weighted by Crippen LogP contribution is 2.38. The molecule has 0 unspecified atom stereocenters. The topological polar surface area (TPSA) is 26.0 Å². The molecule has 2 N–H and O–H groups in total. The second-order valence-electron chi connectivity index (χ2n) is 2.65. The third-order valence-corrected chi connectivity index (χ3v) is 3.05. The van der Waals surface area contributed by atoms with E-state index < -0.39 is 12.2 Å². The lowest BCUT2D eigenvalue weighted by Crippen LogP contribution is -2.29. The normalized spacial score (nSPS) is 13.2. The van der Waals surface area contributed by atoms with Crippen LogP contribution in [0.4, 0.5) is 13.2 Å². The molecular formula is C8H7Br2ClF3N. The van der Waals surface area contributed by atoms with E-state index in [0.29, 0.717) is 8.95 Å². The summed E-state index contributed by atoms with van der Waals surface area (Å²) in [5.74, 6) is 0. The maximum atomic E-state index is 12.3. The molecular weight excluding hydrogens is 362 g/mol. The molecule has 0 radical (unpaired) electrons. The van der Waals surface area contributed by atoms with E-state index >= 15 is 0 Å². The number of hydrogen-bond acceptors (Lipinski definition) is 1. The summed E-state index contributed by atoms with van der Waals surface area (Å²) < 4.78 is 37.7. The average molecular weight is 369 g/mol. The number of alkyl halides is 3. The summed E-state index contributed by atoms with van der Waals surface area (Å²) in [4.78, 5) is 0. The zero-order valence-electron chi connectivity index (χ0n) is 7.18. The van der Waals surface area contributed by atoms with E-state index in [9.17, 15) is 13.2 Å². The molecule has 0 amide bonds. The molecule has 1 aromatic rings. The Kier molecular flexibility index (Phi) is 5.60. The third kappa shape index (κ3) is 3.62. The van der Waals surface area contributed by atoms with Crippen LogP contribution in [0.1, 0.15) is 11.6 Å². The molecule has 0 aromatic heterocycles. The Morgan fingerprint density at radius 2 is 1.53 bits per heavy atom. The fourth-order valence-corrected chi connectivity index (χ4v) is 2.46. The second-order valence-corrected chi connectivity index (χ2v) is 4.36. The monoisotopic (exact) mass is 367 g/mol. The second kappa shape index (κ2) is 5.52. The molecule has 1 aromatic carbocycles. The first-order valence-electron chi connectivity index (χ1n) is 3.60. The highest BCUT2D eigenvalue weighted by Gasteiger charge is 2.39. The predicted octanol–water partition coefficient (Wildman–Crippen LogP) is 4.20. The van der Waals surface area contributed by atoms with Gasteiger partial charge >= 0.3 is 6.18 Å². The minimum Gasteiger partial charge on any atom is -0.316 e. The molecule has 1 nitrogen and oxygen atoms in total. The first-order valence-corrected chi connectivity index (χ1v) is 5.19. The maximum Gasteiger partial charge on any atom is 0.407 e. The quantitative estimate of drug-likeness (QED) is 0.789. The summed E-state index contributed by atoms with van der Waals surface area (Å²) in [5.41, 5.74) is 5.10. The van der Waals surface area contributed by atoms with E-state index in [0.717, 1.165) is 0 Å². The molecule has 1 rings (SSSR count). The Hall–Kier alpha value is 0.220. The molecule has 1 atom stereocenters. The number of hydrogen-bond donors (Lipinski definition) is 1. The lowest BCUT2D eigenvalue weighted by atomic mass is 10.1. The summed E-state index contributed by atoms with van der Waals surface area (Å²) >= 11 is 6.06. The molecule has 0 saturated heterocycles. The zero-order valence-corrected chi connectivity index (χ0v) is 11.2. The van der Waals surface area contributed by atoms with E-state index in [1.807, 2.05) is 0 Å². The van der Waals surface area contributed by atoms with Crippen LogP contribution in [0.5, 0.6) is 0 Å². The highest BCUT2D eigenvalue weighted by molar-refractivity contribution is 9.11.